The molecule has 1 aliphatic heterocycles. The molecule has 2 unspecified atom stereocenters. The van der Waals surface area contributed by atoms with E-state index in [4.69, 9.17) is 18.9 Å². The zero-order valence-electron chi connectivity index (χ0n) is 12.0. The molecule has 5 nitrogen and oxygen atoms in total. The van der Waals surface area contributed by atoms with E-state index in [0.717, 1.165) is 5.56 Å². The van der Waals surface area contributed by atoms with Crippen LogP contribution >= 0.6 is 0 Å². The molecule has 0 aliphatic carbocycles. The minimum atomic E-state index is -0.731. The van der Waals surface area contributed by atoms with E-state index in [0.29, 0.717) is 44.5 Å². The first kappa shape index (κ1) is 15.1. The molecule has 0 spiro atoms. The fourth-order valence-electron chi connectivity index (χ4n) is 2.15. The van der Waals surface area contributed by atoms with E-state index in [1.807, 2.05) is 26.0 Å². The minimum Gasteiger partial charge on any atom is -0.490 e. The average molecular weight is 282 g/mol. The first-order chi connectivity index (χ1) is 9.76. The highest BCUT2D eigenvalue weighted by atomic mass is 16.6. The van der Waals surface area contributed by atoms with E-state index in [9.17, 15) is 5.11 Å². The maximum absolute atomic E-state index is 10.4. The van der Waals surface area contributed by atoms with Crippen molar-refractivity contribution in [2.45, 2.75) is 26.1 Å². The largest absolute Gasteiger partial charge is 0.490 e. The van der Waals surface area contributed by atoms with Crippen LogP contribution in [0.5, 0.6) is 11.5 Å². The summed E-state index contributed by atoms with van der Waals surface area (Å²) in [4.78, 5) is 0. The normalized spacial score (nSPS) is 20.4. The third kappa shape index (κ3) is 3.62. The topological polar surface area (TPSA) is 57.2 Å². The molecule has 112 valence electrons. The number of aliphatic hydroxyl groups is 1. The number of aliphatic hydroxyl groups excluding tert-OH is 1. The minimum absolute atomic E-state index is 0.337. The third-order valence-electron chi connectivity index (χ3n) is 3.10. The zero-order chi connectivity index (χ0) is 14.4. The van der Waals surface area contributed by atoms with E-state index in [-0.39, 0.29) is 6.10 Å². The van der Waals surface area contributed by atoms with Gasteiger partial charge in [0, 0.05) is 0 Å². The smallest absolute Gasteiger partial charge is 0.161 e. The Kier molecular flexibility index (Phi) is 5.64. The Morgan fingerprint density at radius 3 is 2.60 bits per heavy atom. The summed E-state index contributed by atoms with van der Waals surface area (Å²) in [5.74, 6) is 1.33. The van der Waals surface area contributed by atoms with Gasteiger partial charge in [0.2, 0.25) is 0 Å². The lowest BCUT2D eigenvalue weighted by molar-refractivity contribution is -0.133. The Morgan fingerprint density at radius 2 is 1.95 bits per heavy atom. The summed E-state index contributed by atoms with van der Waals surface area (Å²) in [6.45, 7) is 6.44. The molecule has 0 saturated carbocycles. The molecule has 1 heterocycles. The first-order valence-corrected chi connectivity index (χ1v) is 7.03. The van der Waals surface area contributed by atoms with Gasteiger partial charge in [-0.25, -0.2) is 0 Å². The van der Waals surface area contributed by atoms with Crippen molar-refractivity contribution < 1.29 is 24.1 Å². The van der Waals surface area contributed by atoms with Crippen LogP contribution in [0.25, 0.3) is 0 Å². The molecule has 0 bridgehead atoms. The molecule has 20 heavy (non-hydrogen) atoms. The fourth-order valence-corrected chi connectivity index (χ4v) is 2.15. The molecule has 2 rings (SSSR count). The highest BCUT2D eigenvalue weighted by molar-refractivity contribution is 5.43. The molecule has 0 radical (unpaired) electrons. The molecule has 1 N–H and O–H groups in total. The van der Waals surface area contributed by atoms with Crippen LogP contribution in [0, 0.1) is 0 Å². The Balaban J connectivity index is 2.16. The van der Waals surface area contributed by atoms with Crippen LogP contribution in [0.2, 0.25) is 0 Å². The molecule has 2 atom stereocenters. The van der Waals surface area contributed by atoms with E-state index in [1.165, 1.54) is 0 Å². The van der Waals surface area contributed by atoms with Gasteiger partial charge >= 0.3 is 0 Å². The second-order valence-electron chi connectivity index (χ2n) is 4.50. The molecule has 5 heteroatoms. The lowest BCUT2D eigenvalue weighted by Crippen LogP contribution is -2.33. The number of ether oxygens (including phenoxy) is 4. The fraction of sp³-hybridized carbons (Fsp3) is 0.600. The molecule has 0 amide bonds. The van der Waals surface area contributed by atoms with E-state index >= 15 is 0 Å². The van der Waals surface area contributed by atoms with Gasteiger partial charge in [-0.2, -0.15) is 0 Å². The van der Waals surface area contributed by atoms with Crippen LogP contribution in [0.3, 0.4) is 0 Å². The van der Waals surface area contributed by atoms with Gasteiger partial charge < -0.3 is 24.1 Å². The van der Waals surface area contributed by atoms with Crippen molar-refractivity contribution in [2.24, 2.45) is 0 Å². The highest BCUT2D eigenvalue weighted by Crippen LogP contribution is 2.32. The Hall–Kier alpha value is -1.30. The lowest BCUT2D eigenvalue weighted by Gasteiger charge is -2.27. The van der Waals surface area contributed by atoms with Crippen molar-refractivity contribution in [1.82, 2.24) is 0 Å². The van der Waals surface area contributed by atoms with Gasteiger partial charge in [-0.3, -0.25) is 0 Å². The van der Waals surface area contributed by atoms with Crippen LogP contribution in [-0.4, -0.2) is 44.2 Å². The Bertz CT molecular complexity index is 415. The van der Waals surface area contributed by atoms with Gasteiger partial charge in [0.25, 0.3) is 0 Å². The van der Waals surface area contributed by atoms with Crippen molar-refractivity contribution in [2.75, 3.05) is 33.0 Å². The predicted octanol–water partition coefficient (Wildman–Crippen LogP) is 1.93. The maximum atomic E-state index is 10.4. The summed E-state index contributed by atoms with van der Waals surface area (Å²) in [7, 11) is 0. The van der Waals surface area contributed by atoms with Gasteiger partial charge in [0.1, 0.15) is 12.2 Å². The molecule has 1 aliphatic rings. The Labute approximate surface area is 119 Å². The maximum Gasteiger partial charge on any atom is 0.161 e. The van der Waals surface area contributed by atoms with Gasteiger partial charge in [-0.05, 0) is 31.5 Å². The van der Waals surface area contributed by atoms with Crippen molar-refractivity contribution in [3.8, 4) is 11.5 Å². The second kappa shape index (κ2) is 7.47. The lowest BCUT2D eigenvalue weighted by atomic mass is 10.0. The van der Waals surface area contributed by atoms with Gasteiger partial charge in [0.15, 0.2) is 11.5 Å². The molecule has 1 aromatic rings. The van der Waals surface area contributed by atoms with Gasteiger partial charge in [-0.1, -0.05) is 6.07 Å². The standard InChI is InChI=1S/C15H22O5/c1-3-18-12-6-5-11(9-13(12)19-4-2)15(16)14-10-17-7-8-20-14/h5-6,9,14-16H,3-4,7-8,10H2,1-2H3. The SMILES string of the molecule is CCOc1ccc(C(O)C2COCCO2)cc1OCC. The van der Waals surface area contributed by atoms with E-state index < -0.39 is 6.10 Å². The summed E-state index contributed by atoms with van der Waals surface area (Å²) in [5, 5.41) is 10.4. The molecular weight excluding hydrogens is 260 g/mol. The summed E-state index contributed by atoms with van der Waals surface area (Å²) in [6, 6.07) is 5.45. The molecule has 1 aromatic carbocycles. The van der Waals surface area contributed by atoms with Crippen LogP contribution in [0.4, 0.5) is 0 Å². The Morgan fingerprint density at radius 1 is 1.20 bits per heavy atom. The summed E-state index contributed by atoms with van der Waals surface area (Å²) in [5.41, 5.74) is 0.743. The third-order valence-corrected chi connectivity index (χ3v) is 3.10. The summed E-state index contributed by atoms with van der Waals surface area (Å²) >= 11 is 0. The van der Waals surface area contributed by atoms with Gasteiger partial charge in [-0.15, -0.1) is 0 Å². The van der Waals surface area contributed by atoms with Crippen molar-refractivity contribution >= 4 is 0 Å². The molecule has 1 saturated heterocycles. The van der Waals surface area contributed by atoms with Crippen LogP contribution in [0.15, 0.2) is 18.2 Å². The predicted molar refractivity (Wildman–Crippen MR) is 74.3 cm³/mol. The molecular formula is C15H22O5. The van der Waals surface area contributed by atoms with Crippen LogP contribution in [-0.2, 0) is 9.47 Å². The molecule has 0 aromatic heterocycles. The monoisotopic (exact) mass is 282 g/mol. The zero-order valence-corrected chi connectivity index (χ0v) is 12.0. The summed E-state index contributed by atoms with van der Waals surface area (Å²) in [6.07, 6.45) is -1.07. The highest BCUT2D eigenvalue weighted by Gasteiger charge is 2.25. The van der Waals surface area contributed by atoms with Gasteiger partial charge in [0.05, 0.1) is 33.0 Å². The number of benzene rings is 1. The van der Waals surface area contributed by atoms with Crippen LogP contribution < -0.4 is 9.47 Å². The van der Waals surface area contributed by atoms with Crippen molar-refractivity contribution in [3.63, 3.8) is 0 Å². The number of hydrogen-bond acceptors (Lipinski definition) is 5. The van der Waals surface area contributed by atoms with E-state index in [1.54, 1.807) is 6.07 Å². The summed E-state index contributed by atoms with van der Waals surface area (Å²) < 4.78 is 21.9. The number of hydrogen-bond donors (Lipinski definition) is 1. The van der Waals surface area contributed by atoms with Crippen molar-refractivity contribution in [3.05, 3.63) is 23.8 Å². The van der Waals surface area contributed by atoms with Crippen LogP contribution in [0.1, 0.15) is 25.5 Å². The van der Waals surface area contributed by atoms with Crippen molar-refractivity contribution in [1.29, 1.82) is 0 Å². The molecule has 1 fully saturated rings. The second-order valence-corrected chi connectivity index (χ2v) is 4.50. The quantitative estimate of drug-likeness (QED) is 0.864. The van der Waals surface area contributed by atoms with E-state index in [2.05, 4.69) is 0 Å². The first-order valence-electron chi connectivity index (χ1n) is 7.03. The average Bonchev–Trinajstić information content (AvgIpc) is 2.50. The number of rotatable bonds is 6.